The van der Waals surface area contributed by atoms with Gasteiger partial charge in [-0.1, -0.05) is 0 Å². The van der Waals surface area contributed by atoms with Gasteiger partial charge in [0.25, 0.3) is 0 Å². The molecule has 0 saturated carbocycles. The molecule has 2 aromatic rings. The van der Waals surface area contributed by atoms with Crippen molar-refractivity contribution in [3.05, 3.63) is 46.0 Å². The molecule has 0 bridgehead atoms. The average Bonchev–Trinajstić information content (AvgIpc) is 2.58. The van der Waals surface area contributed by atoms with Crippen molar-refractivity contribution in [2.45, 2.75) is 20.0 Å². The lowest BCUT2D eigenvalue weighted by Gasteiger charge is -2.04. The van der Waals surface area contributed by atoms with Crippen LogP contribution in [0.25, 0.3) is 0 Å². The van der Waals surface area contributed by atoms with E-state index < -0.39 is 0 Å². The van der Waals surface area contributed by atoms with Crippen LogP contribution in [0.2, 0.25) is 0 Å². The van der Waals surface area contributed by atoms with E-state index in [0.717, 1.165) is 23.3 Å². The first-order valence-corrected chi connectivity index (χ1v) is 6.23. The van der Waals surface area contributed by atoms with Gasteiger partial charge in [-0.3, -0.25) is 9.67 Å². The molecule has 0 unspecified atom stereocenters. The zero-order valence-corrected chi connectivity index (χ0v) is 11.5. The zero-order valence-electron chi connectivity index (χ0n) is 9.94. The van der Waals surface area contributed by atoms with E-state index >= 15 is 0 Å². The Hall–Kier alpha value is -1.20. The molecule has 90 valence electrons. The van der Waals surface area contributed by atoms with Crippen molar-refractivity contribution in [3.8, 4) is 0 Å². The summed E-state index contributed by atoms with van der Waals surface area (Å²) >= 11 is 3.41. The largest absolute Gasteiger partial charge is 0.308 e. The molecular formula is C12H15BrN4. The van der Waals surface area contributed by atoms with Crippen molar-refractivity contribution in [3.63, 3.8) is 0 Å². The quantitative estimate of drug-likeness (QED) is 0.940. The van der Waals surface area contributed by atoms with Crippen molar-refractivity contribution in [2.24, 2.45) is 7.05 Å². The number of halogens is 1. The normalized spacial score (nSPS) is 10.8. The third-order valence-electron chi connectivity index (χ3n) is 2.52. The molecule has 5 heteroatoms. The SMILES string of the molecule is Cc1nn(C)cc1CNCc1cncc(Br)c1. The van der Waals surface area contributed by atoms with E-state index in [1.54, 1.807) is 6.20 Å². The molecule has 0 aliphatic carbocycles. The van der Waals surface area contributed by atoms with Crippen molar-refractivity contribution in [2.75, 3.05) is 0 Å². The van der Waals surface area contributed by atoms with E-state index in [9.17, 15) is 0 Å². The number of aryl methyl sites for hydroxylation is 2. The number of rotatable bonds is 4. The van der Waals surface area contributed by atoms with E-state index in [1.807, 2.05) is 31.0 Å². The minimum Gasteiger partial charge on any atom is -0.308 e. The van der Waals surface area contributed by atoms with Gasteiger partial charge in [-0.05, 0) is 34.5 Å². The van der Waals surface area contributed by atoms with E-state index in [1.165, 1.54) is 11.1 Å². The standard InChI is InChI=1S/C12H15BrN4/c1-9-11(8-17(2)16-9)6-14-4-10-3-12(13)7-15-5-10/h3,5,7-8,14H,4,6H2,1-2H3. The zero-order chi connectivity index (χ0) is 12.3. The lowest BCUT2D eigenvalue weighted by Crippen LogP contribution is -2.13. The Morgan fingerprint density at radius 2 is 2.18 bits per heavy atom. The van der Waals surface area contributed by atoms with Gasteiger partial charge in [0.15, 0.2) is 0 Å². The van der Waals surface area contributed by atoms with Gasteiger partial charge in [0.2, 0.25) is 0 Å². The van der Waals surface area contributed by atoms with Crippen LogP contribution in [0.5, 0.6) is 0 Å². The van der Waals surface area contributed by atoms with Gasteiger partial charge in [0.05, 0.1) is 5.69 Å². The van der Waals surface area contributed by atoms with Gasteiger partial charge in [0.1, 0.15) is 0 Å². The second kappa shape index (κ2) is 5.42. The fraction of sp³-hybridized carbons (Fsp3) is 0.333. The molecule has 0 aromatic carbocycles. The van der Waals surface area contributed by atoms with Crippen LogP contribution in [0.4, 0.5) is 0 Å². The van der Waals surface area contributed by atoms with Crippen molar-refractivity contribution in [1.29, 1.82) is 0 Å². The molecule has 1 N–H and O–H groups in total. The lowest BCUT2D eigenvalue weighted by molar-refractivity contribution is 0.688. The Bertz CT molecular complexity index is 507. The highest BCUT2D eigenvalue weighted by Gasteiger charge is 2.02. The van der Waals surface area contributed by atoms with Crippen molar-refractivity contribution in [1.82, 2.24) is 20.1 Å². The van der Waals surface area contributed by atoms with Gasteiger partial charge < -0.3 is 5.32 Å². The molecule has 0 radical (unpaired) electrons. The second-order valence-corrected chi connectivity index (χ2v) is 4.94. The van der Waals surface area contributed by atoms with Gasteiger partial charge in [0, 0.05) is 48.8 Å². The van der Waals surface area contributed by atoms with Crippen molar-refractivity contribution >= 4 is 15.9 Å². The number of aromatic nitrogens is 3. The maximum absolute atomic E-state index is 4.31. The summed E-state index contributed by atoms with van der Waals surface area (Å²) in [6.07, 6.45) is 5.70. The van der Waals surface area contributed by atoms with Crippen LogP contribution in [-0.2, 0) is 20.1 Å². The topological polar surface area (TPSA) is 42.7 Å². The molecule has 4 nitrogen and oxygen atoms in total. The van der Waals surface area contributed by atoms with Crippen LogP contribution in [0.15, 0.2) is 29.1 Å². The monoisotopic (exact) mass is 294 g/mol. The maximum atomic E-state index is 4.31. The van der Waals surface area contributed by atoms with Crippen LogP contribution in [0, 0.1) is 6.92 Å². The molecule has 2 aromatic heterocycles. The van der Waals surface area contributed by atoms with Crippen LogP contribution in [-0.4, -0.2) is 14.8 Å². The highest BCUT2D eigenvalue weighted by atomic mass is 79.9. The summed E-state index contributed by atoms with van der Waals surface area (Å²) in [5.41, 5.74) is 3.48. The Kier molecular flexibility index (Phi) is 3.91. The molecule has 0 saturated heterocycles. The van der Waals surface area contributed by atoms with E-state index in [0.29, 0.717) is 0 Å². The van der Waals surface area contributed by atoms with Gasteiger partial charge in [-0.15, -0.1) is 0 Å². The molecule has 0 atom stereocenters. The molecule has 2 heterocycles. The number of nitrogens with zero attached hydrogens (tertiary/aromatic N) is 3. The van der Waals surface area contributed by atoms with Gasteiger partial charge in [-0.25, -0.2) is 0 Å². The Labute approximate surface area is 109 Å². The van der Waals surface area contributed by atoms with Gasteiger partial charge >= 0.3 is 0 Å². The first kappa shape index (κ1) is 12.3. The van der Waals surface area contributed by atoms with Crippen LogP contribution < -0.4 is 5.32 Å². The summed E-state index contributed by atoms with van der Waals surface area (Å²) in [5.74, 6) is 0. The van der Waals surface area contributed by atoms with E-state index in [-0.39, 0.29) is 0 Å². The van der Waals surface area contributed by atoms with Crippen LogP contribution in [0.1, 0.15) is 16.8 Å². The minimum atomic E-state index is 0.806. The maximum Gasteiger partial charge on any atom is 0.0638 e. The summed E-state index contributed by atoms with van der Waals surface area (Å²) < 4.78 is 2.85. The fourth-order valence-corrected chi connectivity index (χ4v) is 2.13. The number of nitrogens with one attached hydrogen (secondary N) is 1. The molecule has 2 rings (SSSR count). The summed E-state index contributed by atoms with van der Waals surface area (Å²) in [6, 6.07) is 2.07. The predicted octanol–water partition coefficient (Wildman–Crippen LogP) is 2.18. The summed E-state index contributed by atoms with van der Waals surface area (Å²) in [4.78, 5) is 4.13. The number of hydrogen-bond acceptors (Lipinski definition) is 3. The molecule has 0 amide bonds. The highest BCUT2D eigenvalue weighted by molar-refractivity contribution is 9.10. The molecule has 0 spiro atoms. The third kappa shape index (κ3) is 3.38. The van der Waals surface area contributed by atoms with E-state index in [4.69, 9.17) is 0 Å². The Morgan fingerprint density at radius 3 is 2.82 bits per heavy atom. The summed E-state index contributed by atoms with van der Waals surface area (Å²) in [5, 5.41) is 7.69. The van der Waals surface area contributed by atoms with Crippen LogP contribution in [0.3, 0.4) is 0 Å². The lowest BCUT2D eigenvalue weighted by atomic mass is 10.2. The fourth-order valence-electron chi connectivity index (χ4n) is 1.72. The smallest absolute Gasteiger partial charge is 0.0638 e. The van der Waals surface area contributed by atoms with Crippen LogP contribution >= 0.6 is 15.9 Å². The van der Waals surface area contributed by atoms with Gasteiger partial charge in [-0.2, -0.15) is 5.10 Å². The highest BCUT2D eigenvalue weighted by Crippen LogP contribution is 2.10. The number of hydrogen-bond donors (Lipinski definition) is 1. The van der Waals surface area contributed by atoms with E-state index in [2.05, 4.69) is 37.4 Å². The van der Waals surface area contributed by atoms with Crippen molar-refractivity contribution < 1.29 is 0 Å². The first-order chi connectivity index (χ1) is 8.15. The minimum absolute atomic E-state index is 0.806. The molecule has 17 heavy (non-hydrogen) atoms. The molecule has 0 fully saturated rings. The molecular weight excluding hydrogens is 280 g/mol. The second-order valence-electron chi connectivity index (χ2n) is 4.03. The number of pyridine rings is 1. The summed E-state index contributed by atoms with van der Waals surface area (Å²) in [7, 11) is 1.94. The Balaban J connectivity index is 1.89. The molecule has 0 aliphatic rings. The summed E-state index contributed by atoms with van der Waals surface area (Å²) in [6.45, 7) is 3.66. The average molecular weight is 295 g/mol. The third-order valence-corrected chi connectivity index (χ3v) is 2.95. The predicted molar refractivity (Wildman–Crippen MR) is 70.4 cm³/mol. The molecule has 0 aliphatic heterocycles. The Morgan fingerprint density at radius 1 is 1.35 bits per heavy atom. The first-order valence-electron chi connectivity index (χ1n) is 5.44.